The maximum atomic E-state index is 13.3. The molecular weight excluding hydrogens is 542 g/mol. The van der Waals surface area contributed by atoms with Gasteiger partial charge in [-0.15, -0.1) is 16.9 Å². The van der Waals surface area contributed by atoms with Crippen molar-refractivity contribution in [1.29, 1.82) is 5.41 Å². The summed E-state index contributed by atoms with van der Waals surface area (Å²) in [6.45, 7) is 5.24. The molecule has 5 heterocycles. The predicted octanol–water partition coefficient (Wildman–Crippen LogP) is -2.36. The summed E-state index contributed by atoms with van der Waals surface area (Å²) in [5, 5.41) is 37.3. The number of nitrogens with one attached hydrogen (secondary N) is 4. The predicted molar refractivity (Wildman–Crippen MR) is 141 cm³/mol. The molecule has 3 amide bonds. The van der Waals surface area contributed by atoms with Crippen molar-refractivity contribution >= 4 is 41.4 Å². The number of thioether (sulfide) groups is 1. The highest BCUT2D eigenvalue weighted by Gasteiger charge is 2.68. The first kappa shape index (κ1) is 28.0. The summed E-state index contributed by atoms with van der Waals surface area (Å²) in [5.41, 5.74) is 4.99. The molecule has 40 heavy (non-hydrogen) atoms. The second kappa shape index (κ2) is 10.8. The minimum absolute atomic E-state index is 0.0991. The molecule has 7 N–H and O–H groups in total. The molecule has 3 fully saturated rings. The van der Waals surface area contributed by atoms with Gasteiger partial charge in [-0.25, -0.2) is 9.48 Å². The van der Waals surface area contributed by atoms with Crippen LogP contribution in [-0.4, -0.2) is 113 Å². The van der Waals surface area contributed by atoms with Crippen LogP contribution in [0.3, 0.4) is 0 Å². The van der Waals surface area contributed by atoms with Gasteiger partial charge in [0.05, 0.1) is 18.1 Å². The van der Waals surface area contributed by atoms with E-state index in [1.165, 1.54) is 27.7 Å². The van der Waals surface area contributed by atoms with E-state index in [9.17, 15) is 24.3 Å². The third kappa shape index (κ3) is 4.81. The Balaban J connectivity index is 1.23. The van der Waals surface area contributed by atoms with Crippen LogP contribution in [0.2, 0.25) is 0 Å². The fraction of sp³-hybridized carbons (Fsp3) is 0.652. The maximum absolute atomic E-state index is 13.3. The topological polar surface area (TPSA) is 225 Å². The number of amides is 3. The average molecular weight is 576 g/mol. The average Bonchev–Trinajstić information content (AvgIpc) is 3.71. The van der Waals surface area contributed by atoms with E-state index in [4.69, 9.17) is 11.1 Å². The number of carboxylic acids is 1. The number of likely N-dealkylation sites (tertiary alicyclic amines) is 1. The van der Waals surface area contributed by atoms with Crippen molar-refractivity contribution in [2.24, 2.45) is 11.7 Å². The number of guanidine groups is 1. The third-order valence-electron chi connectivity index (χ3n) is 8.08. The van der Waals surface area contributed by atoms with Crippen molar-refractivity contribution in [3.05, 3.63) is 16.9 Å². The molecule has 5 rings (SSSR count). The summed E-state index contributed by atoms with van der Waals surface area (Å²) >= 11 is 1.33. The largest absolute Gasteiger partial charge is 0.477 e. The molecular formula is C23H33N11O5S. The summed E-state index contributed by atoms with van der Waals surface area (Å²) < 4.78 is 1.23. The van der Waals surface area contributed by atoms with E-state index < -0.39 is 47.4 Å². The Labute approximate surface area is 233 Å². The lowest BCUT2D eigenvalue weighted by molar-refractivity contribution is -0.162. The highest BCUT2D eigenvalue weighted by atomic mass is 32.2. The van der Waals surface area contributed by atoms with Gasteiger partial charge < -0.3 is 26.4 Å². The van der Waals surface area contributed by atoms with Crippen LogP contribution in [0.4, 0.5) is 0 Å². The highest BCUT2D eigenvalue weighted by molar-refractivity contribution is 8.03. The van der Waals surface area contributed by atoms with E-state index in [0.717, 1.165) is 25.9 Å². The van der Waals surface area contributed by atoms with Gasteiger partial charge >= 0.3 is 5.97 Å². The molecule has 0 aromatic carbocycles. The highest BCUT2D eigenvalue weighted by Crippen LogP contribution is 2.52. The van der Waals surface area contributed by atoms with Crippen LogP contribution >= 0.6 is 11.8 Å². The molecule has 0 aliphatic carbocycles. The number of nitrogens with zero attached hydrogens (tertiary/aromatic N) is 6. The van der Waals surface area contributed by atoms with Crippen molar-refractivity contribution in [1.82, 2.24) is 46.0 Å². The summed E-state index contributed by atoms with van der Waals surface area (Å²) in [6.07, 6.45) is 3.71. The number of hydrogen-bond acceptors (Lipinski definition) is 11. The summed E-state index contributed by atoms with van der Waals surface area (Å²) in [6, 6.07) is -1.97. The van der Waals surface area contributed by atoms with E-state index in [1.807, 2.05) is 11.8 Å². The molecule has 4 aliphatic rings. The summed E-state index contributed by atoms with van der Waals surface area (Å²) in [7, 11) is 0. The van der Waals surface area contributed by atoms with Crippen molar-refractivity contribution in [2.75, 3.05) is 19.6 Å². The lowest BCUT2D eigenvalue weighted by Crippen LogP contribution is -2.83. The van der Waals surface area contributed by atoms with E-state index >= 15 is 0 Å². The van der Waals surface area contributed by atoms with Gasteiger partial charge in [0.2, 0.25) is 11.8 Å². The monoisotopic (exact) mass is 575 g/mol. The first-order valence-corrected chi connectivity index (χ1v) is 14.0. The summed E-state index contributed by atoms with van der Waals surface area (Å²) in [5.74, 6) is -2.85. The quantitative estimate of drug-likeness (QED) is 0.109. The van der Waals surface area contributed by atoms with Gasteiger partial charge in [-0.2, -0.15) is 0 Å². The minimum atomic E-state index is -1.51. The molecule has 3 saturated heterocycles. The number of hydrogen-bond donors (Lipinski definition) is 6. The van der Waals surface area contributed by atoms with Gasteiger partial charge in [0.1, 0.15) is 24.1 Å². The number of rotatable bonds is 8. The van der Waals surface area contributed by atoms with Crippen LogP contribution in [0, 0.1) is 11.3 Å². The Morgan fingerprint density at radius 3 is 2.73 bits per heavy atom. The molecule has 216 valence electrons. The third-order valence-corrected chi connectivity index (χ3v) is 9.59. The van der Waals surface area contributed by atoms with E-state index in [0.29, 0.717) is 17.9 Å². The molecule has 6 atom stereocenters. The molecule has 17 heteroatoms. The number of β-lactam (4-membered cyclic amide) rings is 1. The van der Waals surface area contributed by atoms with Gasteiger partial charge in [-0.3, -0.25) is 30.0 Å². The van der Waals surface area contributed by atoms with Gasteiger partial charge in [0.25, 0.3) is 5.91 Å². The zero-order valence-corrected chi connectivity index (χ0v) is 23.0. The Hall–Kier alpha value is -3.57. The fourth-order valence-electron chi connectivity index (χ4n) is 5.98. The second-order valence-electron chi connectivity index (χ2n) is 10.6. The fourth-order valence-corrected chi connectivity index (χ4v) is 7.45. The number of carboxylic acid groups (broad SMARTS) is 1. The van der Waals surface area contributed by atoms with Crippen molar-refractivity contribution in [3.8, 4) is 0 Å². The van der Waals surface area contributed by atoms with Crippen LogP contribution in [0.5, 0.6) is 0 Å². The van der Waals surface area contributed by atoms with Gasteiger partial charge in [0.15, 0.2) is 5.96 Å². The SMILES string of the molecule is C[C@H]1C(S[C@@H]2CN[C@H](C(=O)NC(=N)N3CCCC3)C2)=C(C(=O)O)N2C(=O)[C@](N)([C@@H](C)NC(=O)Cn3cnnn3)[C@@H]12. The number of aromatic nitrogens is 4. The standard InChI is InChI=1S/C23H33N11O5S/c1-11-17(40-13-7-14(26-8-13)19(36)29-22(24)32-5-3-4-6-32)16(20(37)38)34-18(11)23(25,21(34)39)12(2)28-15(35)9-33-10-27-30-31-33/h10-14,18,26H,3-9,25H2,1-2H3,(H,28,35)(H,37,38)(H2,24,29,36)/t11-,12+,13-,14-,18+,23-/m0/s1. The number of tetrazole rings is 1. The van der Waals surface area contributed by atoms with Crippen molar-refractivity contribution in [2.45, 2.75) is 68.6 Å². The Morgan fingerprint density at radius 1 is 1.35 bits per heavy atom. The Kier molecular flexibility index (Phi) is 7.54. The molecule has 1 aromatic heterocycles. The molecule has 0 spiro atoms. The lowest BCUT2D eigenvalue weighted by Gasteiger charge is -2.55. The zero-order chi connectivity index (χ0) is 28.8. The maximum Gasteiger partial charge on any atom is 0.353 e. The van der Waals surface area contributed by atoms with Crippen LogP contribution in [-0.2, 0) is 25.7 Å². The number of nitrogens with two attached hydrogens (primary N) is 1. The van der Waals surface area contributed by atoms with Crippen molar-refractivity contribution in [3.63, 3.8) is 0 Å². The van der Waals surface area contributed by atoms with Gasteiger partial charge in [0, 0.05) is 35.7 Å². The summed E-state index contributed by atoms with van der Waals surface area (Å²) in [4.78, 5) is 54.5. The molecule has 4 aliphatic heterocycles. The molecule has 0 bridgehead atoms. The van der Waals surface area contributed by atoms with Crippen LogP contribution in [0.25, 0.3) is 0 Å². The number of fused-ring (bicyclic) bond motifs is 1. The molecule has 16 nitrogen and oxygen atoms in total. The normalized spacial score (nSPS) is 30.2. The van der Waals surface area contributed by atoms with Crippen LogP contribution in [0.15, 0.2) is 16.9 Å². The molecule has 0 saturated carbocycles. The smallest absolute Gasteiger partial charge is 0.353 e. The van der Waals surface area contributed by atoms with Gasteiger partial charge in [-0.05, 0) is 36.6 Å². The number of carbonyl (C=O) groups excluding carboxylic acids is 3. The van der Waals surface area contributed by atoms with E-state index in [1.54, 1.807) is 6.92 Å². The first-order valence-electron chi connectivity index (χ1n) is 13.2. The zero-order valence-electron chi connectivity index (χ0n) is 22.2. The second-order valence-corrected chi connectivity index (χ2v) is 12.0. The Morgan fingerprint density at radius 2 is 2.08 bits per heavy atom. The lowest BCUT2D eigenvalue weighted by atomic mass is 9.71. The number of aliphatic carboxylic acids is 1. The Bertz CT molecular complexity index is 1250. The van der Waals surface area contributed by atoms with E-state index in [2.05, 4.69) is 31.5 Å². The molecule has 0 unspecified atom stereocenters. The minimum Gasteiger partial charge on any atom is -0.477 e. The molecule has 1 aromatic rings. The van der Waals surface area contributed by atoms with E-state index in [-0.39, 0.29) is 29.4 Å². The first-order chi connectivity index (χ1) is 19.0. The van der Waals surface area contributed by atoms with Crippen LogP contribution in [0.1, 0.15) is 33.1 Å². The van der Waals surface area contributed by atoms with Gasteiger partial charge in [-0.1, -0.05) is 6.92 Å². The van der Waals surface area contributed by atoms with Crippen LogP contribution < -0.4 is 21.7 Å². The van der Waals surface area contributed by atoms with Crippen molar-refractivity contribution < 1.29 is 24.3 Å². The number of carbonyl (C=O) groups is 4. The molecule has 0 radical (unpaired) electrons.